The molecule has 2 bridgehead atoms. The van der Waals surface area contributed by atoms with Crippen LogP contribution in [0, 0.1) is 17.8 Å². The Labute approximate surface area is 115 Å². The Morgan fingerprint density at radius 3 is 2.70 bits per heavy atom. The quantitative estimate of drug-likeness (QED) is 0.765. The molecule has 2 aliphatic rings. The minimum Gasteiger partial charge on any atom is -0.506 e. The predicted molar refractivity (Wildman–Crippen MR) is 69.1 cm³/mol. The van der Waals surface area contributed by atoms with Crippen LogP contribution in [0.4, 0.5) is 0 Å². The zero-order chi connectivity index (χ0) is 14.3. The van der Waals surface area contributed by atoms with Crippen molar-refractivity contribution >= 4 is 11.9 Å². The number of hydrogen-bond donors (Lipinski definition) is 3. The summed E-state index contributed by atoms with van der Waals surface area (Å²) in [6, 6.07) is 1.01. The van der Waals surface area contributed by atoms with Crippen LogP contribution in [0.2, 0.25) is 0 Å². The van der Waals surface area contributed by atoms with E-state index in [9.17, 15) is 19.8 Å². The van der Waals surface area contributed by atoms with Crippen LogP contribution in [-0.4, -0.2) is 33.1 Å². The fraction of sp³-hybridized carbons (Fsp3) is 0.500. The van der Waals surface area contributed by atoms with Gasteiger partial charge in [-0.3, -0.25) is 14.6 Å². The molecule has 106 valence electrons. The summed E-state index contributed by atoms with van der Waals surface area (Å²) in [6.45, 7) is 0. The van der Waals surface area contributed by atoms with Crippen molar-refractivity contribution in [2.45, 2.75) is 25.3 Å². The van der Waals surface area contributed by atoms with E-state index in [0.717, 1.165) is 19.3 Å². The van der Waals surface area contributed by atoms with Crippen molar-refractivity contribution in [1.29, 1.82) is 0 Å². The number of fused-ring (bicyclic) bond motifs is 2. The number of carbonyl (C=O) groups is 2. The molecule has 20 heavy (non-hydrogen) atoms. The average Bonchev–Trinajstić information content (AvgIpc) is 2.99. The molecule has 0 aliphatic heterocycles. The summed E-state index contributed by atoms with van der Waals surface area (Å²) < 4.78 is 0. The molecule has 1 heterocycles. The number of nitrogens with one attached hydrogen (secondary N) is 1. The maximum absolute atomic E-state index is 12.1. The van der Waals surface area contributed by atoms with Gasteiger partial charge in [0.25, 0.3) is 5.91 Å². The fourth-order valence-corrected chi connectivity index (χ4v) is 3.64. The highest BCUT2D eigenvalue weighted by atomic mass is 16.4. The minimum atomic E-state index is -0.837. The lowest BCUT2D eigenvalue weighted by atomic mass is 9.84. The smallest absolute Gasteiger partial charge is 0.308 e. The van der Waals surface area contributed by atoms with Crippen LogP contribution >= 0.6 is 0 Å². The highest BCUT2D eigenvalue weighted by Crippen LogP contribution is 2.48. The van der Waals surface area contributed by atoms with Gasteiger partial charge in [0.05, 0.1) is 17.7 Å². The first kappa shape index (κ1) is 12.9. The zero-order valence-electron chi connectivity index (χ0n) is 10.8. The first-order valence-corrected chi connectivity index (χ1v) is 6.74. The van der Waals surface area contributed by atoms with Gasteiger partial charge < -0.3 is 15.5 Å². The number of carbonyl (C=O) groups excluding carboxylic acids is 1. The molecule has 6 nitrogen and oxygen atoms in total. The second-order valence-corrected chi connectivity index (χ2v) is 5.63. The van der Waals surface area contributed by atoms with Gasteiger partial charge in [-0.05, 0) is 37.2 Å². The zero-order valence-corrected chi connectivity index (χ0v) is 10.8. The van der Waals surface area contributed by atoms with E-state index in [4.69, 9.17) is 0 Å². The van der Waals surface area contributed by atoms with Gasteiger partial charge in [0.1, 0.15) is 5.75 Å². The molecule has 3 N–H and O–H groups in total. The third-order valence-corrected chi connectivity index (χ3v) is 4.49. The lowest BCUT2D eigenvalue weighted by Crippen LogP contribution is -2.46. The second kappa shape index (κ2) is 4.77. The van der Waals surface area contributed by atoms with Crippen molar-refractivity contribution in [3.05, 3.63) is 24.0 Å². The summed E-state index contributed by atoms with van der Waals surface area (Å²) in [5.41, 5.74) is 0.247. The van der Waals surface area contributed by atoms with Crippen molar-refractivity contribution in [2.24, 2.45) is 17.8 Å². The Kier molecular flexibility index (Phi) is 3.08. The Morgan fingerprint density at radius 1 is 1.25 bits per heavy atom. The van der Waals surface area contributed by atoms with Crippen LogP contribution in [0.5, 0.6) is 5.75 Å². The summed E-state index contributed by atoms with van der Waals surface area (Å²) in [4.78, 5) is 27.3. The van der Waals surface area contributed by atoms with E-state index >= 15 is 0 Å². The monoisotopic (exact) mass is 276 g/mol. The van der Waals surface area contributed by atoms with E-state index in [1.54, 1.807) is 0 Å². The summed E-state index contributed by atoms with van der Waals surface area (Å²) >= 11 is 0. The summed E-state index contributed by atoms with van der Waals surface area (Å²) in [5.74, 6) is -1.38. The molecule has 1 amide bonds. The molecule has 0 aromatic carbocycles. The molecule has 4 atom stereocenters. The molecule has 1 aromatic rings. The minimum absolute atomic E-state index is 0.0830. The van der Waals surface area contributed by atoms with Crippen LogP contribution in [0.15, 0.2) is 18.5 Å². The van der Waals surface area contributed by atoms with Gasteiger partial charge in [-0.15, -0.1) is 0 Å². The van der Waals surface area contributed by atoms with E-state index in [-0.39, 0.29) is 35.1 Å². The molecule has 2 fully saturated rings. The van der Waals surface area contributed by atoms with Crippen LogP contribution in [0.3, 0.4) is 0 Å². The first-order valence-electron chi connectivity index (χ1n) is 6.74. The van der Waals surface area contributed by atoms with Crippen LogP contribution in [0.1, 0.15) is 29.6 Å². The number of pyridine rings is 1. The molecular formula is C14H16N2O4. The Balaban J connectivity index is 1.77. The number of carboxylic acids is 1. The summed E-state index contributed by atoms with van der Waals surface area (Å²) in [6.07, 6.45) is 5.38. The lowest BCUT2D eigenvalue weighted by molar-refractivity contribution is -0.144. The molecule has 3 rings (SSSR count). The van der Waals surface area contributed by atoms with Gasteiger partial charge in [-0.1, -0.05) is 0 Å². The van der Waals surface area contributed by atoms with Crippen LogP contribution < -0.4 is 5.32 Å². The summed E-state index contributed by atoms with van der Waals surface area (Å²) in [7, 11) is 0. The molecule has 0 spiro atoms. The molecular weight excluding hydrogens is 260 g/mol. The molecule has 0 radical (unpaired) electrons. The number of nitrogens with zero attached hydrogens (tertiary/aromatic N) is 1. The number of rotatable bonds is 3. The van der Waals surface area contributed by atoms with E-state index in [1.165, 1.54) is 18.5 Å². The van der Waals surface area contributed by atoms with Crippen molar-refractivity contribution < 1.29 is 19.8 Å². The largest absolute Gasteiger partial charge is 0.506 e. The van der Waals surface area contributed by atoms with Gasteiger partial charge in [0.15, 0.2) is 0 Å². The normalized spacial score (nSPS) is 31.2. The highest BCUT2D eigenvalue weighted by Gasteiger charge is 2.51. The Morgan fingerprint density at radius 2 is 2.00 bits per heavy atom. The average molecular weight is 276 g/mol. The molecule has 2 saturated carbocycles. The van der Waals surface area contributed by atoms with Gasteiger partial charge >= 0.3 is 5.97 Å². The number of aliphatic carboxylic acids is 1. The van der Waals surface area contributed by atoms with E-state index in [0.29, 0.717) is 0 Å². The van der Waals surface area contributed by atoms with Crippen molar-refractivity contribution in [2.75, 3.05) is 0 Å². The SMILES string of the molecule is O=C(NC1C2CCC(C2)C1C(=O)O)c1cncc(O)c1. The number of amides is 1. The maximum atomic E-state index is 12.1. The second-order valence-electron chi connectivity index (χ2n) is 5.63. The number of carboxylic acid groups (broad SMARTS) is 1. The van der Waals surface area contributed by atoms with Crippen molar-refractivity contribution in [1.82, 2.24) is 10.3 Å². The number of aromatic hydroxyl groups is 1. The standard InChI is InChI=1S/C14H16N2O4/c17-10-4-9(5-15-6-10)13(18)16-12-8-2-1-7(3-8)11(12)14(19)20/h4-8,11-12,17H,1-3H2,(H,16,18)(H,19,20). The Hall–Kier alpha value is -2.11. The molecule has 0 saturated heterocycles. The third kappa shape index (κ3) is 2.11. The van der Waals surface area contributed by atoms with E-state index < -0.39 is 11.9 Å². The van der Waals surface area contributed by atoms with Gasteiger partial charge in [-0.25, -0.2) is 0 Å². The van der Waals surface area contributed by atoms with Crippen molar-refractivity contribution in [3.63, 3.8) is 0 Å². The maximum Gasteiger partial charge on any atom is 0.308 e. The first-order chi connectivity index (χ1) is 9.56. The van der Waals surface area contributed by atoms with Gasteiger partial charge in [0, 0.05) is 12.2 Å². The Bertz CT molecular complexity index is 560. The number of hydrogen-bond acceptors (Lipinski definition) is 4. The lowest BCUT2D eigenvalue weighted by Gasteiger charge is -2.28. The summed E-state index contributed by atoms with van der Waals surface area (Å²) in [5, 5.41) is 21.5. The molecule has 6 heteroatoms. The van der Waals surface area contributed by atoms with E-state index in [2.05, 4.69) is 10.3 Å². The van der Waals surface area contributed by atoms with Gasteiger partial charge in [-0.2, -0.15) is 0 Å². The fourth-order valence-electron chi connectivity index (χ4n) is 3.64. The topological polar surface area (TPSA) is 99.5 Å². The molecule has 1 aromatic heterocycles. The van der Waals surface area contributed by atoms with Crippen molar-refractivity contribution in [3.8, 4) is 5.75 Å². The van der Waals surface area contributed by atoms with Crippen LogP contribution in [0.25, 0.3) is 0 Å². The van der Waals surface area contributed by atoms with Crippen LogP contribution in [-0.2, 0) is 4.79 Å². The highest BCUT2D eigenvalue weighted by molar-refractivity contribution is 5.94. The predicted octanol–water partition coefficient (Wildman–Crippen LogP) is 1.02. The van der Waals surface area contributed by atoms with Gasteiger partial charge in [0.2, 0.25) is 0 Å². The molecule has 4 unspecified atom stereocenters. The number of aromatic nitrogens is 1. The van der Waals surface area contributed by atoms with E-state index in [1.807, 2.05) is 0 Å². The third-order valence-electron chi connectivity index (χ3n) is 4.49. The molecule has 2 aliphatic carbocycles.